The highest BCUT2D eigenvalue weighted by atomic mass is 32.3. The number of phenolic OH excluding ortho intramolecular Hbond substituents is 2. The van der Waals surface area contributed by atoms with E-state index in [4.69, 9.17) is 17.5 Å². The molecule has 3 rings (SSSR count). The maximum Gasteiger partial charge on any atom is 0.394 e. The molecule has 0 aliphatic carbocycles. The number of anilines is 1. The Bertz CT molecular complexity index is 1300. The van der Waals surface area contributed by atoms with Crippen LogP contribution in [0, 0.1) is 0 Å². The molecule has 0 aliphatic heterocycles. The molecule has 11 nitrogen and oxygen atoms in total. The van der Waals surface area contributed by atoms with E-state index in [9.17, 15) is 15.0 Å². The molecule has 0 spiro atoms. The summed E-state index contributed by atoms with van der Waals surface area (Å²) < 4.78 is 31.6. The molecular formula is C23H24N4O7S. The van der Waals surface area contributed by atoms with E-state index in [2.05, 4.69) is 21.1 Å². The van der Waals surface area contributed by atoms with Crippen molar-refractivity contribution in [3.8, 4) is 11.5 Å². The Kier molecular flexibility index (Phi) is 9.46. The molecule has 0 atom stereocenters. The molecule has 0 saturated carbocycles. The highest BCUT2D eigenvalue weighted by Gasteiger charge is 2.05. The lowest BCUT2D eigenvalue weighted by Crippen LogP contribution is -2.19. The quantitative estimate of drug-likeness (QED) is 0.169. The number of hydrogen-bond acceptors (Lipinski definition) is 8. The Morgan fingerprint density at radius 2 is 1.06 bits per heavy atom. The van der Waals surface area contributed by atoms with Crippen LogP contribution in [0.25, 0.3) is 0 Å². The summed E-state index contributed by atoms with van der Waals surface area (Å²) in [4.78, 5) is 12.3. The van der Waals surface area contributed by atoms with Gasteiger partial charge in [0, 0.05) is 5.56 Å². The van der Waals surface area contributed by atoms with Crippen molar-refractivity contribution in [3.05, 3.63) is 89.5 Å². The lowest BCUT2D eigenvalue weighted by Gasteiger charge is -2.06. The lowest BCUT2D eigenvalue weighted by molar-refractivity contribution is 0.0954. The van der Waals surface area contributed by atoms with Gasteiger partial charge in [0.2, 0.25) is 0 Å². The van der Waals surface area contributed by atoms with Crippen LogP contribution in [-0.4, -0.2) is 45.1 Å². The van der Waals surface area contributed by atoms with E-state index < -0.39 is 10.4 Å². The summed E-state index contributed by atoms with van der Waals surface area (Å²) in [5.41, 5.74) is 9.74. The van der Waals surface area contributed by atoms with Gasteiger partial charge in [-0.05, 0) is 97.8 Å². The number of carbonyl (C=O) groups excluding carboxylic acids is 1. The van der Waals surface area contributed by atoms with Crippen LogP contribution >= 0.6 is 0 Å². The first kappa shape index (κ1) is 27.0. The Labute approximate surface area is 202 Å². The summed E-state index contributed by atoms with van der Waals surface area (Å²) in [5, 5.41) is 27.1. The zero-order valence-corrected chi connectivity index (χ0v) is 19.6. The van der Waals surface area contributed by atoms with Crippen molar-refractivity contribution in [1.29, 1.82) is 0 Å². The van der Waals surface area contributed by atoms with E-state index >= 15 is 0 Å². The standard InChI is InChI=1S/C23H22N4O3.H2O4S/c1-15(17-5-11-21(28)12-6-17)24-26-20-9-3-19(4-10-20)23(30)27-25-16(2)18-7-13-22(29)14-8-18;1-5(2,3)4/h3-14,26,28-29H,1-2H3,(H,27,30);(H2,1,2,3,4). The van der Waals surface area contributed by atoms with Crippen molar-refractivity contribution < 1.29 is 32.5 Å². The Hall–Kier alpha value is -4.26. The van der Waals surface area contributed by atoms with Crippen LogP contribution in [0.5, 0.6) is 11.5 Å². The number of nitrogens with one attached hydrogen (secondary N) is 2. The normalized spacial score (nSPS) is 11.8. The molecule has 0 bridgehead atoms. The molecule has 0 saturated heterocycles. The molecule has 0 fully saturated rings. The van der Waals surface area contributed by atoms with Crippen molar-refractivity contribution in [1.82, 2.24) is 5.43 Å². The molecule has 0 aromatic heterocycles. The summed E-state index contributed by atoms with van der Waals surface area (Å²) in [7, 11) is -4.67. The molecule has 1 amide bonds. The van der Waals surface area contributed by atoms with Gasteiger partial charge in [-0.1, -0.05) is 0 Å². The lowest BCUT2D eigenvalue weighted by atomic mass is 10.1. The molecule has 3 aromatic carbocycles. The van der Waals surface area contributed by atoms with Crippen molar-refractivity contribution in [2.45, 2.75) is 13.8 Å². The molecule has 0 unspecified atom stereocenters. The van der Waals surface area contributed by atoms with Crippen molar-refractivity contribution >= 4 is 33.4 Å². The molecule has 12 heteroatoms. The third-order valence-corrected chi connectivity index (χ3v) is 4.40. The maximum atomic E-state index is 12.3. The van der Waals surface area contributed by atoms with E-state index in [1.165, 1.54) is 0 Å². The molecule has 0 heterocycles. The van der Waals surface area contributed by atoms with Crippen LogP contribution in [0.2, 0.25) is 0 Å². The van der Waals surface area contributed by atoms with Gasteiger partial charge >= 0.3 is 10.4 Å². The molecule has 0 aliphatic rings. The predicted octanol–water partition coefficient (Wildman–Crippen LogP) is 3.44. The number of hydrogen-bond donors (Lipinski definition) is 6. The number of rotatable bonds is 6. The second kappa shape index (κ2) is 12.3. The average Bonchev–Trinajstić information content (AvgIpc) is 2.81. The van der Waals surface area contributed by atoms with E-state index in [-0.39, 0.29) is 17.4 Å². The topological polar surface area (TPSA) is 181 Å². The largest absolute Gasteiger partial charge is 0.508 e. The Balaban J connectivity index is 0.000000784. The fraction of sp³-hybridized carbons (Fsp3) is 0.0870. The van der Waals surface area contributed by atoms with E-state index in [1.54, 1.807) is 79.7 Å². The number of nitrogens with zero attached hydrogens (tertiary/aromatic N) is 2. The minimum absolute atomic E-state index is 0.173. The first-order chi connectivity index (χ1) is 16.4. The Morgan fingerprint density at radius 1 is 0.686 bits per heavy atom. The number of aromatic hydroxyl groups is 2. The monoisotopic (exact) mass is 500 g/mol. The third-order valence-electron chi connectivity index (χ3n) is 4.40. The van der Waals surface area contributed by atoms with Crippen molar-refractivity contribution in [3.63, 3.8) is 0 Å². The van der Waals surface area contributed by atoms with Gasteiger partial charge < -0.3 is 10.2 Å². The fourth-order valence-corrected chi connectivity index (χ4v) is 2.58. The number of phenols is 2. The zero-order valence-electron chi connectivity index (χ0n) is 18.7. The summed E-state index contributed by atoms with van der Waals surface area (Å²) in [6.07, 6.45) is 0. The van der Waals surface area contributed by atoms with E-state index in [1.807, 2.05) is 6.92 Å². The van der Waals surface area contributed by atoms with Gasteiger partial charge in [0.25, 0.3) is 5.91 Å². The first-order valence-corrected chi connectivity index (χ1v) is 11.4. The van der Waals surface area contributed by atoms with Gasteiger partial charge in [0.15, 0.2) is 0 Å². The summed E-state index contributed by atoms with van der Waals surface area (Å²) in [6.45, 7) is 3.63. The fourth-order valence-electron chi connectivity index (χ4n) is 2.58. The number of benzene rings is 3. The molecule has 6 N–H and O–H groups in total. The van der Waals surface area contributed by atoms with Crippen LogP contribution in [0.1, 0.15) is 35.3 Å². The van der Waals surface area contributed by atoms with Crippen molar-refractivity contribution in [2.75, 3.05) is 5.43 Å². The molecular weight excluding hydrogens is 476 g/mol. The van der Waals surface area contributed by atoms with Gasteiger partial charge in [-0.15, -0.1) is 0 Å². The van der Waals surface area contributed by atoms with Gasteiger partial charge in [0.05, 0.1) is 17.1 Å². The number of amides is 1. The van der Waals surface area contributed by atoms with Crippen LogP contribution in [0.15, 0.2) is 83.0 Å². The van der Waals surface area contributed by atoms with E-state index in [0.29, 0.717) is 11.3 Å². The Morgan fingerprint density at radius 3 is 1.49 bits per heavy atom. The zero-order chi connectivity index (χ0) is 26.0. The number of hydrazone groups is 2. The summed E-state index contributed by atoms with van der Waals surface area (Å²) >= 11 is 0. The highest BCUT2D eigenvalue weighted by Crippen LogP contribution is 2.13. The second-order valence-corrected chi connectivity index (χ2v) is 7.96. The SMILES string of the molecule is CC(=NNC(=O)c1ccc(NN=C(C)c2ccc(O)cc2)cc1)c1ccc(O)cc1.O=S(=O)(O)O. The molecule has 184 valence electrons. The molecule has 35 heavy (non-hydrogen) atoms. The predicted molar refractivity (Wildman–Crippen MR) is 132 cm³/mol. The van der Waals surface area contributed by atoms with Crippen LogP contribution < -0.4 is 10.9 Å². The minimum Gasteiger partial charge on any atom is -0.508 e. The van der Waals surface area contributed by atoms with Crippen LogP contribution in [0.3, 0.4) is 0 Å². The van der Waals surface area contributed by atoms with Gasteiger partial charge in [-0.25, -0.2) is 5.43 Å². The van der Waals surface area contributed by atoms with Gasteiger partial charge in [-0.3, -0.25) is 19.3 Å². The van der Waals surface area contributed by atoms with Gasteiger partial charge in [0.1, 0.15) is 11.5 Å². The average molecular weight is 501 g/mol. The summed E-state index contributed by atoms with van der Waals surface area (Å²) in [5.74, 6) is 0.0475. The molecule has 3 aromatic rings. The first-order valence-electron chi connectivity index (χ1n) is 9.96. The molecule has 0 radical (unpaired) electrons. The smallest absolute Gasteiger partial charge is 0.394 e. The third kappa shape index (κ3) is 10.0. The second-order valence-electron chi connectivity index (χ2n) is 7.07. The van der Waals surface area contributed by atoms with Crippen LogP contribution in [0.4, 0.5) is 5.69 Å². The van der Waals surface area contributed by atoms with Crippen LogP contribution in [-0.2, 0) is 10.4 Å². The van der Waals surface area contributed by atoms with Crippen molar-refractivity contribution in [2.24, 2.45) is 10.2 Å². The van der Waals surface area contributed by atoms with E-state index in [0.717, 1.165) is 22.5 Å². The number of carbonyl (C=O) groups is 1. The maximum absolute atomic E-state index is 12.3. The summed E-state index contributed by atoms with van der Waals surface area (Å²) in [6, 6.07) is 20.2. The van der Waals surface area contributed by atoms with Gasteiger partial charge in [-0.2, -0.15) is 18.6 Å². The highest BCUT2D eigenvalue weighted by molar-refractivity contribution is 7.79. The minimum atomic E-state index is -4.67.